The second-order valence-electron chi connectivity index (χ2n) is 4.14. The van der Waals surface area contributed by atoms with Crippen molar-refractivity contribution in [3.8, 4) is 11.5 Å². The van der Waals surface area contributed by atoms with Gasteiger partial charge >= 0.3 is 0 Å². The zero-order chi connectivity index (χ0) is 15.4. The molecule has 0 aliphatic heterocycles. The van der Waals surface area contributed by atoms with Gasteiger partial charge in [-0.1, -0.05) is 23.2 Å². The van der Waals surface area contributed by atoms with E-state index in [-0.39, 0.29) is 12.4 Å². The smallest absolute Gasteiger partial charge is 0.200 e. The van der Waals surface area contributed by atoms with E-state index in [1.165, 1.54) is 6.07 Å². The minimum atomic E-state index is -0.184. The Hall–Kier alpha value is -1.23. The third-order valence-electron chi connectivity index (χ3n) is 2.74. The lowest BCUT2D eigenvalue weighted by atomic mass is 10.1. The summed E-state index contributed by atoms with van der Waals surface area (Å²) in [4.78, 5) is 12.0. The van der Waals surface area contributed by atoms with Crippen molar-refractivity contribution >= 4 is 44.9 Å². The number of carbonyl (C=O) groups is 1. The van der Waals surface area contributed by atoms with E-state index in [9.17, 15) is 4.79 Å². The highest BCUT2D eigenvalue weighted by Gasteiger charge is 2.11. The summed E-state index contributed by atoms with van der Waals surface area (Å²) in [6.45, 7) is -0.0944. The summed E-state index contributed by atoms with van der Waals surface area (Å²) >= 11 is 15.1. The normalized spacial score (nSPS) is 10.3. The van der Waals surface area contributed by atoms with Gasteiger partial charge in [-0.25, -0.2) is 0 Å². The van der Waals surface area contributed by atoms with Crippen molar-refractivity contribution in [3.63, 3.8) is 0 Å². The number of ether oxygens (including phenoxy) is 2. The Kier molecular flexibility index (Phi) is 5.51. The first-order valence-electron chi connectivity index (χ1n) is 5.96. The van der Waals surface area contributed by atoms with Crippen molar-refractivity contribution in [1.82, 2.24) is 0 Å². The van der Waals surface area contributed by atoms with Gasteiger partial charge in [-0.05, 0) is 52.3 Å². The van der Waals surface area contributed by atoms with Gasteiger partial charge in [0.1, 0.15) is 11.5 Å². The number of Topliss-reactive ketones (excluding diaryl/α,β-unsaturated/α-hetero) is 1. The number of halogens is 3. The highest BCUT2D eigenvalue weighted by Crippen LogP contribution is 2.29. The van der Waals surface area contributed by atoms with Crippen molar-refractivity contribution in [1.29, 1.82) is 0 Å². The van der Waals surface area contributed by atoms with E-state index in [4.69, 9.17) is 32.7 Å². The van der Waals surface area contributed by atoms with E-state index >= 15 is 0 Å². The molecule has 0 unspecified atom stereocenters. The monoisotopic (exact) mass is 388 g/mol. The van der Waals surface area contributed by atoms with Crippen LogP contribution in [-0.4, -0.2) is 19.5 Å². The van der Waals surface area contributed by atoms with Crippen LogP contribution in [0.25, 0.3) is 0 Å². The van der Waals surface area contributed by atoms with Crippen LogP contribution < -0.4 is 9.47 Å². The fraction of sp³-hybridized carbons (Fsp3) is 0.133. The largest absolute Gasteiger partial charge is 0.497 e. The van der Waals surface area contributed by atoms with E-state index in [1.54, 1.807) is 37.4 Å². The molecule has 0 N–H and O–H groups in total. The molecular weight excluding hydrogens is 379 g/mol. The number of hydrogen-bond donors (Lipinski definition) is 0. The summed E-state index contributed by atoms with van der Waals surface area (Å²) in [5.74, 6) is 1.07. The molecule has 0 atom stereocenters. The highest BCUT2D eigenvalue weighted by molar-refractivity contribution is 9.10. The lowest BCUT2D eigenvalue weighted by Gasteiger charge is -2.09. The maximum atomic E-state index is 12.0. The number of methoxy groups -OCH3 is 1. The number of ketones is 1. The van der Waals surface area contributed by atoms with Crippen LogP contribution in [0.15, 0.2) is 40.9 Å². The van der Waals surface area contributed by atoms with Crippen LogP contribution in [0.5, 0.6) is 11.5 Å². The lowest BCUT2D eigenvalue weighted by molar-refractivity contribution is 0.0921. The molecule has 0 fully saturated rings. The van der Waals surface area contributed by atoms with E-state index < -0.39 is 0 Å². The maximum absolute atomic E-state index is 12.0. The zero-order valence-electron chi connectivity index (χ0n) is 11.0. The minimum Gasteiger partial charge on any atom is -0.497 e. The summed E-state index contributed by atoms with van der Waals surface area (Å²) in [6, 6.07) is 9.97. The summed E-state index contributed by atoms with van der Waals surface area (Å²) in [5.41, 5.74) is 0.453. The molecule has 0 aliphatic carbocycles. The Balaban J connectivity index is 2.05. The van der Waals surface area contributed by atoms with E-state index in [1.807, 2.05) is 0 Å². The summed E-state index contributed by atoms with van der Waals surface area (Å²) in [7, 11) is 1.58. The fourth-order valence-electron chi connectivity index (χ4n) is 1.62. The molecular formula is C15H11BrCl2O3. The average Bonchev–Trinajstić information content (AvgIpc) is 2.48. The molecule has 110 valence electrons. The van der Waals surface area contributed by atoms with Gasteiger partial charge in [0.05, 0.1) is 21.6 Å². The predicted molar refractivity (Wildman–Crippen MR) is 87.0 cm³/mol. The predicted octanol–water partition coefficient (Wildman–Crippen LogP) is 5.03. The molecule has 6 heteroatoms. The molecule has 0 amide bonds. The Morgan fingerprint density at radius 3 is 2.52 bits per heavy atom. The average molecular weight is 390 g/mol. The van der Waals surface area contributed by atoms with Crippen LogP contribution in [0.3, 0.4) is 0 Å². The molecule has 0 saturated heterocycles. The standard InChI is InChI=1S/C15H11BrCl2O3/c1-20-10-3-5-15(11(16)7-10)21-8-14(19)9-2-4-12(17)13(18)6-9/h2-7H,8H2,1H3. The van der Waals surface area contributed by atoms with Gasteiger partial charge in [-0.2, -0.15) is 0 Å². The molecule has 0 aromatic heterocycles. The van der Waals surface area contributed by atoms with Crippen molar-refractivity contribution in [2.45, 2.75) is 0 Å². The molecule has 2 aromatic carbocycles. The Morgan fingerprint density at radius 2 is 1.90 bits per heavy atom. The Labute approximate surface area is 140 Å². The van der Waals surface area contributed by atoms with Crippen molar-refractivity contribution < 1.29 is 14.3 Å². The first-order chi connectivity index (χ1) is 10.0. The Bertz CT molecular complexity index is 674. The first kappa shape index (κ1) is 16.1. The number of benzene rings is 2. The maximum Gasteiger partial charge on any atom is 0.200 e. The van der Waals surface area contributed by atoms with E-state index in [2.05, 4.69) is 15.9 Å². The molecule has 3 nitrogen and oxygen atoms in total. The van der Waals surface area contributed by atoms with Gasteiger partial charge < -0.3 is 9.47 Å². The lowest BCUT2D eigenvalue weighted by Crippen LogP contribution is -2.11. The van der Waals surface area contributed by atoms with E-state index in [0.29, 0.717) is 31.6 Å². The SMILES string of the molecule is COc1ccc(OCC(=O)c2ccc(Cl)c(Cl)c2)c(Br)c1. The Morgan fingerprint density at radius 1 is 1.14 bits per heavy atom. The van der Waals surface area contributed by atoms with Crippen LogP contribution in [0.1, 0.15) is 10.4 Å². The van der Waals surface area contributed by atoms with Crippen LogP contribution in [-0.2, 0) is 0 Å². The van der Waals surface area contributed by atoms with Crippen LogP contribution in [0.4, 0.5) is 0 Å². The van der Waals surface area contributed by atoms with Crippen LogP contribution in [0, 0.1) is 0 Å². The molecule has 21 heavy (non-hydrogen) atoms. The van der Waals surface area contributed by atoms with Crippen LogP contribution >= 0.6 is 39.1 Å². The first-order valence-corrected chi connectivity index (χ1v) is 7.50. The topological polar surface area (TPSA) is 35.5 Å². The van der Waals surface area contributed by atoms with E-state index in [0.717, 1.165) is 0 Å². The van der Waals surface area contributed by atoms with Gasteiger partial charge in [0.25, 0.3) is 0 Å². The quantitative estimate of drug-likeness (QED) is 0.673. The van der Waals surface area contributed by atoms with Gasteiger partial charge in [0.2, 0.25) is 0 Å². The van der Waals surface area contributed by atoms with Gasteiger partial charge in [0, 0.05) is 5.56 Å². The molecule has 0 bridgehead atoms. The second-order valence-corrected chi connectivity index (χ2v) is 5.81. The van der Waals surface area contributed by atoms with Gasteiger partial charge in [-0.15, -0.1) is 0 Å². The van der Waals surface area contributed by atoms with Crippen molar-refractivity contribution in [2.75, 3.05) is 13.7 Å². The van der Waals surface area contributed by atoms with Crippen molar-refractivity contribution in [3.05, 3.63) is 56.5 Å². The summed E-state index contributed by atoms with van der Waals surface area (Å²) < 4.78 is 11.3. The van der Waals surface area contributed by atoms with Gasteiger partial charge in [-0.3, -0.25) is 4.79 Å². The van der Waals surface area contributed by atoms with Crippen LogP contribution in [0.2, 0.25) is 10.0 Å². The van der Waals surface area contributed by atoms with Crippen molar-refractivity contribution in [2.24, 2.45) is 0 Å². The third kappa shape index (κ3) is 4.13. The summed E-state index contributed by atoms with van der Waals surface area (Å²) in [6.07, 6.45) is 0. The molecule has 2 rings (SSSR count). The second kappa shape index (κ2) is 7.16. The fourth-order valence-corrected chi connectivity index (χ4v) is 2.39. The molecule has 0 heterocycles. The molecule has 0 saturated carbocycles. The summed E-state index contributed by atoms with van der Waals surface area (Å²) in [5, 5.41) is 0.750. The molecule has 0 radical (unpaired) electrons. The molecule has 0 aliphatic rings. The minimum absolute atomic E-state index is 0.0944. The van der Waals surface area contributed by atoms with Gasteiger partial charge in [0.15, 0.2) is 12.4 Å². The third-order valence-corrected chi connectivity index (χ3v) is 4.10. The highest BCUT2D eigenvalue weighted by atomic mass is 79.9. The number of hydrogen-bond acceptors (Lipinski definition) is 3. The zero-order valence-corrected chi connectivity index (χ0v) is 14.1. The number of carbonyl (C=O) groups excluding carboxylic acids is 1. The molecule has 0 spiro atoms. The molecule has 2 aromatic rings. The number of rotatable bonds is 5.